The number of anilines is 2. The minimum atomic E-state index is 0.0711. The van der Waals surface area contributed by atoms with E-state index >= 15 is 0 Å². The van der Waals surface area contributed by atoms with Crippen LogP contribution in [0, 0.1) is 5.92 Å². The van der Waals surface area contributed by atoms with E-state index in [-0.39, 0.29) is 12.0 Å². The van der Waals surface area contributed by atoms with E-state index in [1.165, 1.54) is 5.69 Å². The summed E-state index contributed by atoms with van der Waals surface area (Å²) in [5.41, 5.74) is 3.83. The number of aliphatic imine (C=N–C) groups is 1. The quantitative estimate of drug-likeness (QED) is 0.476. The van der Waals surface area contributed by atoms with Gasteiger partial charge in [-0.15, -0.1) is 0 Å². The Morgan fingerprint density at radius 2 is 2.00 bits per heavy atom. The van der Waals surface area contributed by atoms with Crippen LogP contribution in [0.3, 0.4) is 0 Å². The molecule has 2 unspecified atom stereocenters. The first kappa shape index (κ1) is 24.0. The number of rotatable bonds is 9. The lowest BCUT2D eigenvalue weighted by atomic mass is 10.0. The van der Waals surface area contributed by atoms with Crippen LogP contribution in [-0.2, 0) is 9.53 Å². The van der Waals surface area contributed by atoms with Crippen molar-refractivity contribution in [1.82, 2.24) is 0 Å². The predicted octanol–water partition coefficient (Wildman–Crippen LogP) is 5.85. The molecule has 6 nitrogen and oxygen atoms in total. The summed E-state index contributed by atoms with van der Waals surface area (Å²) in [6, 6.07) is 14.0. The number of carbonyl (C=O) groups excluding carboxylic acids is 1. The summed E-state index contributed by atoms with van der Waals surface area (Å²) in [5, 5.41) is 3.04. The third-order valence-electron chi connectivity index (χ3n) is 6.60. The Labute approximate surface area is 202 Å². The molecule has 4 rings (SSSR count). The molecule has 1 amide bonds. The van der Waals surface area contributed by atoms with E-state index in [0.717, 1.165) is 74.7 Å². The Morgan fingerprint density at radius 1 is 1.21 bits per heavy atom. The van der Waals surface area contributed by atoms with Crippen LogP contribution in [0.5, 0.6) is 5.75 Å². The second kappa shape index (κ2) is 11.8. The first-order valence-corrected chi connectivity index (χ1v) is 12.3. The minimum Gasteiger partial charge on any atom is -0.488 e. The molecular weight excluding hydrogens is 426 g/mol. The fraction of sp³-hybridized carbons (Fsp3) is 0.429. The fourth-order valence-electron chi connectivity index (χ4n) is 4.78. The molecule has 1 heterocycles. The Balaban J connectivity index is 1.23. The lowest BCUT2D eigenvalue weighted by molar-refractivity contribution is -0.116. The minimum absolute atomic E-state index is 0.0711. The van der Waals surface area contributed by atoms with Crippen molar-refractivity contribution in [2.75, 3.05) is 36.5 Å². The van der Waals surface area contributed by atoms with Crippen LogP contribution < -0.4 is 15.0 Å². The molecule has 0 spiro atoms. The lowest BCUT2D eigenvalue weighted by Crippen LogP contribution is -2.36. The topological polar surface area (TPSA) is 63.2 Å². The number of benzene rings is 2. The molecular formula is C28H35N3O3. The standard InChI is InChI=1S/C28H35N3O3/c1-3-22-6-5-7-26(28(22)29-4-2)34-25-14-8-21(20-25)9-15-27(32)30-23-10-12-24(13-11-23)31-16-18-33-19-17-31/h3-7,10-13,21,25H,1,8-9,14-20H2,2H3,(H,30,32). The van der Waals surface area contributed by atoms with Crippen molar-refractivity contribution in [1.29, 1.82) is 0 Å². The van der Waals surface area contributed by atoms with Gasteiger partial charge in [-0.05, 0) is 68.9 Å². The maximum atomic E-state index is 12.5. The van der Waals surface area contributed by atoms with E-state index in [1.54, 1.807) is 12.3 Å². The largest absolute Gasteiger partial charge is 0.488 e. The van der Waals surface area contributed by atoms with Crippen molar-refractivity contribution in [3.05, 3.63) is 54.6 Å². The summed E-state index contributed by atoms with van der Waals surface area (Å²) in [6.07, 6.45) is 8.21. The molecule has 1 aliphatic carbocycles. The van der Waals surface area contributed by atoms with Crippen LogP contribution in [0.1, 0.15) is 44.6 Å². The zero-order valence-electron chi connectivity index (χ0n) is 20.0. The van der Waals surface area contributed by atoms with Gasteiger partial charge in [0.05, 0.1) is 19.3 Å². The van der Waals surface area contributed by atoms with Gasteiger partial charge in [-0.1, -0.05) is 24.8 Å². The van der Waals surface area contributed by atoms with E-state index in [4.69, 9.17) is 9.47 Å². The average molecular weight is 462 g/mol. The monoisotopic (exact) mass is 461 g/mol. The van der Waals surface area contributed by atoms with Crippen LogP contribution in [0.4, 0.5) is 17.1 Å². The van der Waals surface area contributed by atoms with Gasteiger partial charge in [-0.25, -0.2) is 0 Å². The molecule has 2 aliphatic rings. The van der Waals surface area contributed by atoms with Crippen LogP contribution >= 0.6 is 0 Å². The first-order valence-electron chi connectivity index (χ1n) is 12.3. The number of morpholine rings is 1. The molecule has 1 aliphatic heterocycles. The van der Waals surface area contributed by atoms with E-state index < -0.39 is 0 Å². The smallest absolute Gasteiger partial charge is 0.224 e. The second-order valence-electron chi connectivity index (χ2n) is 8.94. The normalized spacial score (nSPS) is 20.4. The molecule has 0 radical (unpaired) electrons. The van der Waals surface area contributed by atoms with E-state index in [2.05, 4.69) is 33.9 Å². The van der Waals surface area contributed by atoms with Crippen molar-refractivity contribution in [2.24, 2.45) is 10.9 Å². The van der Waals surface area contributed by atoms with E-state index in [0.29, 0.717) is 12.3 Å². The van der Waals surface area contributed by atoms with Gasteiger partial charge in [-0.2, -0.15) is 0 Å². The zero-order chi connectivity index (χ0) is 23.8. The maximum Gasteiger partial charge on any atom is 0.224 e. The summed E-state index contributed by atoms with van der Waals surface area (Å²) in [7, 11) is 0. The summed E-state index contributed by atoms with van der Waals surface area (Å²) in [6.45, 7) is 9.13. The number of carbonyl (C=O) groups is 1. The molecule has 2 aromatic rings. The molecule has 1 N–H and O–H groups in total. The molecule has 6 heteroatoms. The van der Waals surface area contributed by atoms with Gasteiger partial charge in [-0.3, -0.25) is 9.79 Å². The average Bonchev–Trinajstić information content (AvgIpc) is 3.32. The van der Waals surface area contributed by atoms with Gasteiger partial charge >= 0.3 is 0 Å². The van der Waals surface area contributed by atoms with Gasteiger partial charge in [0.25, 0.3) is 0 Å². The molecule has 34 heavy (non-hydrogen) atoms. The summed E-state index contributed by atoms with van der Waals surface area (Å²) >= 11 is 0. The van der Waals surface area contributed by atoms with Crippen LogP contribution in [0.15, 0.2) is 54.0 Å². The highest BCUT2D eigenvalue weighted by atomic mass is 16.5. The van der Waals surface area contributed by atoms with Crippen molar-refractivity contribution >= 4 is 35.3 Å². The number of para-hydroxylation sites is 1. The summed E-state index contributed by atoms with van der Waals surface area (Å²) < 4.78 is 11.7. The predicted molar refractivity (Wildman–Crippen MR) is 139 cm³/mol. The molecule has 0 aromatic heterocycles. The number of nitrogens with zero attached hydrogens (tertiary/aromatic N) is 2. The Bertz CT molecular complexity index is 996. The second-order valence-corrected chi connectivity index (χ2v) is 8.94. The molecule has 1 saturated carbocycles. The summed E-state index contributed by atoms with van der Waals surface area (Å²) in [4.78, 5) is 19.3. The van der Waals surface area contributed by atoms with Crippen molar-refractivity contribution in [2.45, 2.75) is 45.1 Å². The highest BCUT2D eigenvalue weighted by Crippen LogP contribution is 2.37. The third kappa shape index (κ3) is 6.26. The van der Waals surface area contributed by atoms with Gasteiger partial charge in [0.2, 0.25) is 5.91 Å². The van der Waals surface area contributed by atoms with Gasteiger partial charge in [0.15, 0.2) is 0 Å². The highest BCUT2D eigenvalue weighted by Gasteiger charge is 2.27. The summed E-state index contributed by atoms with van der Waals surface area (Å²) in [5.74, 6) is 1.38. The number of hydrogen-bond acceptors (Lipinski definition) is 5. The number of amides is 1. The Morgan fingerprint density at radius 3 is 2.74 bits per heavy atom. The fourth-order valence-corrected chi connectivity index (χ4v) is 4.78. The number of nitrogens with one attached hydrogen (secondary N) is 1. The Kier molecular flexibility index (Phi) is 8.36. The van der Waals surface area contributed by atoms with E-state index in [1.807, 2.05) is 37.3 Å². The molecule has 180 valence electrons. The van der Waals surface area contributed by atoms with Crippen LogP contribution in [0.2, 0.25) is 0 Å². The van der Waals surface area contributed by atoms with Gasteiger partial charge < -0.3 is 19.7 Å². The number of ether oxygens (including phenoxy) is 2. The zero-order valence-corrected chi connectivity index (χ0v) is 20.0. The highest BCUT2D eigenvalue weighted by molar-refractivity contribution is 5.90. The number of hydrogen-bond donors (Lipinski definition) is 1. The van der Waals surface area contributed by atoms with Crippen LogP contribution in [0.25, 0.3) is 6.08 Å². The third-order valence-corrected chi connectivity index (χ3v) is 6.60. The molecule has 1 saturated heterocycles. The van der Waals surface area contributed by atoms with Crippen molar-refractivity contribution in [3.63, 3.8) is 0 Å². The van der Waals surface area contributed by atoms with Crippen molar-refractivity contribution in [3.8, 4) is 5.75 Å². The van der Waals surface area contributed by atoms with Crippen molar-refractivity contribution < 1.29 is 14.3 Å². The van der Waals surface area contributed by atoms with Gasteiger partial charge in [0.1, 0.15) is 11.4 Å². The molecule has 0 bridgehead atoms. The van der Waals surface area contributed by atoms with Crippen LogP contribution in [-0.4, -0.2) is 44.5 Å². The molecule has 2 atom stereocenters. The Hall–Kier alpha value is -3.12. The van der Waals surface area contributed by atoms with E-state index in [9.17, 15) is 4.79 Å². The van der Waals surface area contributed by atoms with Gasteiger partial charge in [0, 0.05) is 42.7 Å². The first-order chi connectivity index (χ1) is 16.7. The maximum absolute atomic E-state index is 12.5. The lowest BCUT2D eigenvalue weighted by Gasteiger charge is -2.28. The molecule has 2 fully saturated rings. The SMILES string of the molecule is C=Cc1cccc(OC2CCC(CCC(=O)Nc3ccc(N4CCOCC4)cc3)C2)c1N=CC. The molecule has 2 aromatic carbocycles.